The molecule has 106 valence electrons. The van der Waals surface area contributed by atoms with E-state index in [0.29, 0.717) is 5.92 Å². The van der Waals surface area contributed by atoms with Gasteiger partial charge in [0.15, 0.2) is 0 Å². The van der Waals surface area contributed by atoms with Crippen molar-refractivity contribution in [2.75, 3.05) is 11.9 Å². The van der Waals surface area contributed by atoms with Gasteiger partial charge in [-0.25, -0.2) is 4.79 Å². The van der Waals surface area contributed by atoms with Gasteiger partial charge in [-0.3, -0.25) is 4.79 Å². The van der Waals surface area contributed by atoms with Crippen LogP contribution in [0.15, 0.2) is 5.16 Å². The van der Waals surface area contributed by atoms with Crippen molar-refractivity contribution >= 4 is 33.4 Å². The molecular formula is C13H18BrNO4. The summed E-state index contributed by atoms with van der Waals surface area (Å²) in [6, 6.07) is 0. The molecule has 0 radical (unpaired) electrons. The Morgan fingerprint density at radius 3 is 2.63 bits per heavy atom. The van der Waals surface area contributed by atoms with E-state index in [9.17, 15) is 9.59 Å². The number of Topliss-reactive ketones (excluding diaryl/α,β-unsaturated/α-hetero) is 1. The van der Waals surface area contributed by atoms with Crippen molar-refractivity contribution in [1.29, 1.82) is 0 Å². The first-order valence-electron chi connectivity index (χ1n) is 6.65. The van der Waals surface area contributed by atoms with Gasteiger partial charge in [-0.1, -0.05) is 21.1 Å². The van der Waals surface area contributed by atoms with E-state index in [1.54, 1.807) is 6.92 Å². The number of hydrogen-bond acceptors (Lipinski definition) is 5. The van der Waals surface area contributed by atoms with Crippen LogP contribution in [0, 0.1) is 11.8 Å². The molecule has 0 spiro atoms. The van der Waals surface area contributed by atoms with Crippen molar-refractivity contribution in [3.05, 3.63) is 0 Å². The van der Waals surface area contributed by atoms with E-state index in [4.69, 9.17) is 9.57 Å². The van der Waals surface area contributed by atoms with Gasteiger partial charge in [0.25, 0.3) is 0 Å². The van der Waals surface area contributed by atoms with Gasteiger partial charge in [0, 0.05) is 0 Å². The highest BCUT2D eigenvalue weighted by molar-refractivity contribution is 9.09. The number of oxime groups is 1. The van der Waals surface area contributed by atoms with Gasteiger partial charge in [-0.2, -0.15) is 0 Å². The highest BCUT2D eigenvalue weighted by Gasteiger charge is 2.41. The number of carbonyl (C=O) groups is 2. The van der Waals surface area contributed by atoms with Crippen LogP contribution in [0.3, 0.4) is 0 Å². The molecule has 0 N–H and O–H groups in total. The quantitative estimate of drug-likeness (QED) is 0.246. The number of alkyl halides is 1. The number of hydrogen-bond donors (Lipinski definition) is 0. The van der Waals surface area contributed by atoms with Crippen LogP contribution >= 0.6 is 15.9 Å². The Morgan fingerprint density at radius 2 is 2.11 bits per heavy atom. The van der Waals surface area contributed by atoms with Crippen LogP contribution in [-0.2, 0) is 19.2 Å². The first-order valence-corrected chi connectivity index (χ1v) is 7.78. The number of fused-ring (bicyclic) bond motifs is 2. The third kappa shape index (κ3) is 3.35. The van der Waals surface area contributed by atoms with E-state index in [1.807, 2.05) is 0 Å². The Labute approximate surface area is 120 Å². The smallest absolute Gasteiger partial charge is 0.364 e. The molecule has 0 amide bonds. The standard InChI is InChI=1S/C13H18BrNO4/c1-2-18-13(17)12(10(16)7-14)15-19-11-6-8-3-4-9(11)5-8/h8-9,11H,2-7H2,1H3/b15-12-. The highest BCUT2D eigenvalue weighted by atomic mass is 79.9. The van der Waals surface area contributed by atoms with Crippen molar-refractivity contribution in [2.24, 2.45) is 17.0 Å². The summed E-state index contributed by atoms with van der Waals surface area (Å²) in [6.07, 6.45) is 4.63. The normalized spacial score (nSPS) is 29.4. The van der Waals surface area contributed by atoms with Gasteiger partial charge in [-0.15, -0.1) is 0 Å². The molecule has 2 aliphatic carbocycles. The van der Waals surface area contributed by atoms with E-state index in [1.165, 1.54) is 12.8 Å². The van der Waals surface area contributed by atoms with Crippen LogP contribution in [0.5, 0.6) is 0 Å². The molecule has 3 atom stereocenters. The maximum Gasteiger partial charge on any atom is 0.364 e. The predicted molar refractivity (Wildman–Crippen MR) is 73.2 cm³/mol. The Balaban J connectivity index is 1.99. The monoisotopic (exact) mass is 331 g/mol. The topological polar surface area (TPSA) is 65.0 Å². The lowest BCUT2D eigenvalue weighted by molar-refractivity contribution is -0.136. The molecule has 3 unspecified atom stereocenters. The lowest BCUT2D eigenvalue weighted by Crippen LogP contribution is -2.29. The van der Waals surface area contributed by atoms with Crippen LogP contribution in [0.1, 0.15) is 32.6 Å². The molecule has 0 aliphatic heterocycles. The van der Waals surface area contributed by atoms with Gasteiger partial charge < -0.3 is 9.57 Å². The summed E-state index contributed by atoms with van der Waals surface area (Å²) in [4.78, 5) is 28.7. The minimum atomic E-state index is -0.713. The lowest BCUT2D eigenvalue weighted by atomic mass is 9.98. The molecule has 6 heteroatoms. The summed E-state index contributed by atoms with van der Waals surface area (Å²) < 4.78 is 4.81. The highest BCUT2D eigenvalue weighted by Crippen LogP contribution is 2.45. The number of ether oxygens (including phenoxy) is 1. The average molecular weight is 332 g/mol. The van der Waals surface area contributed by atoms with Gasteiger partial charge in [0.05, 0.1) is 11.9 Å². The van der Waals surface area contributed by atoms with Crippen molar-refractivity contribution in [3.8, 4) is 0 Å². The summed E-state index contributed by atoms with van der Waals surface area (Å²) in [5.41, 5.74) is -0.249. The molecule has 0 aromatic carbocycles. The summed E-state index contributed by atoms with van der Waals surface area (Å²) in [6.45, 7) is 1.90. The van der Waals surface area contributed by atoms with Gasteiger partial charge in [0.1, 0.15) is 6.10 Å². The fraction of sp³-hybridized carbons (Fsp3) is 0.769. The second kappa shape index (κ2) is 6.50. The van der Waals surface area contributed by atoms with Crippen LogP contribution in [0.4, 0.5) is 0 Å². The molecule has 0 heterocycles. The Bertz CT molecular complexity index is 396. The first-order chi connectivity index (χ1) is 9.15. The average Bonchev–Trinajstić information content (AvgIpc) is 3.01. The lowest BCUT2D eigenvalue weighted by Gasteiger charge is -2.19. The summed E-state index contributed by atoms with van der Waals surface area (Å²) in [5, 5.41) is 3.81. The van der Waals surface area contributed by atoms with Crippen LogP contribution < -0.4 is 0 Å². The van der Waals surface area contributed by atoms with E-state index < -0.39 is 11.8 Å². The zero-order valence-electron chi connectivity index (χ0n) is 10.9. The molecule has 0 aromatic rings. The molecule has 5 nitrogen and oxygen atoms in total. The maximum absolute atomic E-state index is 11.6. The van der Waals surface area contributed by atoms with E-state index in [0.717, 1.165) is 18.8 Å². The maximum atomic E-state index is 11.6. The second-order valence-corrected chi connectivity index (χ2v) is 5.60. The fourth-order valence-corrected chi connectivity index (χ4v) is 3.17. The largest absolute Gasteiger partial charge is 0.461 e. The molecule has 0 aromatic heterocycles. The first kappa shape index (κ1) is 14.5. The van der Waals surface area contributed by atoms with E-state index in [2.05, 4.69) is 21.1 Å². The Hall–Kier alpha value is -0.910. The molecule has 2 rings (SSSR count). The summed E-state index contributed by atoms with van der Waals surface area (Å²) in [7, 11) is 0. The molecule has 2 saturated carbocycles. The predicted octanol–water partition coefficient (Wildman–Crippen LogP) is 2.07. The number of carbonyl (C=O) groups excluding carboxylic acids is 2. The van der Waals surface area contributed by atoms with Crippen molar-refractivity contribution < 1.29 is 19.2 Å². The minimum Gasteiger partial charge on any atom is -0.461 e. The minimum absolute atomic E-state index is 0.0325. The van der Waals surface area contributed by atoms with Crippen LogP contribution in [0.25, 0.3) is 0 Å². The molecule has 0 saturated heterocycles. The Morgan fingerprint density at radius 1 is 1.32 bits per heavy atom. The van der Waals surface area contributed by atoms with Crippen LogP contribution in [0.2, 0.25) is 0 Å². The summed E-state index contributed by atoms with van der Waals surface area (Å²) in [5.74, 6) is 0.121. The van der Waals surface area contributed by atoms with Crippen molar-refractivity contribution in [1.82, 2.24) is 0 Å². The van der Waals surface area contributed by atoms with Gasteiger partial charge in [0.2, 0.25) is 11.5 Å². The number of nitrogens with zero attached hydrogens (tertiary/aromatic N) is 1. The number of esters is 1. The van der Waals surface area contributed by atoms with Crippen molar-refractivity contribution in [3.63, 3.8) is 0 Å². The molecule has 2 bridgehead atoms. The Kier molecular flexibility index (Phi) is 4.96. The van der Waals surface area contributed by atoms with Gasteiger partial charge in [-0.05, 0) is 44.4 Å². The molecule has 2 aliphatic rings. The number of halogens is 1. The van der Waals surface area contributed by atoms with Crippen molar-refractivity contribution in [2.45, 2.75) is 38.7 Å². The van der Waals surface area contributed by atoms with E-state index >= 15 is 0 Å². The zero-order chi connectivity index (χ0) is 13.8. The van der Waals surface area contributed by atoms with Gasteiger partial charge >= 0.3 is 5.97 Å². The number of rotatable bonds is 6. The molecule has 19 heavy (non-hydrogen) atoms. The van der Waals surface area contributed by atoms with Crippen LogP contribution in [-0.4, -0.2) is 35.5 Å². The third-order valence-electron chi connectivity index (χ3n) is 3.81. The summed E-state index contributed by atoms with van der Waals surface area (Å²) >= 11 is 3.03. The van der Waals surface area contributed by atoms with E-state index in [-0.39, 0.29) is 23.8 Å². The SMILES string of the molecule is CCOC(=O)/C(=N\OC1CC2CCC1C2)C(=O)CBr. The second-order valence-electron chi connectivity index (χ2n) is 5.04. The molecular weight excluding hydrogens is 314 g/mol. The fourth-order valence-electron chi connectivity index (χ4n) is 2.90. The molecule has 2 fully saturated rings. The third-order valence-corrected chi connectivity index (χ3v) is 4.32. The zero-order valence-corrected chi connectivity index (χ0v) is 12.5. The number of ketones is 1.